The summed E-state index contributed by atoms with van der Waals surface area (Å²) in [4.78, 5) is 27.7. The van der Waals surface area contributed by atoms with Gasteiger partial charge in [0.05, 0.1) is 12.1 Å². The van der Waals surface area contributed by atoms with Crippen molar-refractivity contribution in [2.75, 3.05) is 6.54 Å². The van der Waals surface area contributed by atoms with Gasteiger partial charge in [0, 0.05) is 6.54 Å². The molecular weight excluding hydrogens is 414 g/mol. The Kier molecular flexibility index (Phi) is 7.57. The quantitative estimate of drug-likeness (QED) is 0.662. The van der Waals surface area contributed by atoms with E-state index in [2.05, 4.69) is 17.4 Å². The first kappa shape index (κ1) is 23.1. The number of fused-ring (bicyclic) bond motifs is 1. The molecule has 2 aliphatic rings. The highest BCUT2D eigenvalue weighted by Crippen LogP contribution is 2.30. The van der Waals surface area contributed by atoms with Crippen LogP contribution in [-0.2, 0) is 22.4 Å². The van der Waals surface area contributed by atoms with Gasteiger partial charge in [0.25, 0.3) is 0 Å². The lowest BCUT2D eigenvalue weighted by atomic mass is 9.87. The Morgan fingerprint density at radius 1 is 1.10 bits per heavy atom. The molecule has 1 aliphatic heterocycles. The molecule has 31 heavy (non-hydrogen) atoms. The van der Waals surface area contributed by atoms with Crippen molar-refractivity contribution >= 4 is 24.2 Å². The van der Waals surface area contributed by atoms with Gasteiger partial charge in [-0.15, -0.1) is 12.4 Å². The molecule has 0 spiro atoms. The van der Waals surface area contributed by atoms with Gasteiger partial charge in [0.15, 0.2) is 0 Å². The smallest absolute Gasteiger partial charge is 0.243 e. The van der Waals surface area contributed by atoms with Crippen LogP contribution in [0.25, 0.3) is 0 Å². The lowest BCUT2D eigenvalue weighted by molar-refractivity contribution is -0.139. The second-order valence-electron chi connectivity index (χ2n) is 8.32. The van der Waals surface area contributed by atoms with Crippen LogP contribution < -0.4 is 11.1 Å². The van der Waals surface area contributed by atoms with E-state index >= 15 is 0 Å². The van der Waals surface area contributed by atoms with Crippen molar-refractivity contribution in [2.45, 2.75) is 56.7 Å². The largest absolute Gasteiger partial charge is 0.508 e. The molecule has 2 aromatic carbocycles. The highest BCUT2D eigenvalue weighted by molar-refractivity contribution is 5.90. The molecule has 1 heterocycles. The Balaban J connectivity index is 0.00000272. The van der Waals surface area contributed by atoms with Crippen LogP contribution in [0.5, 0.6) is 5.75 Å². The van der Waals surface area contributed by atoms with Crippen molar-refractivity contribution in [2.24, 2.45) is 5.73 Å². The number of carbonyl (C=O) groups is 2. The van der Waals surface area contributed by atoms with Crippen LogP contribution in [0.4, 0.5) is 0 Å². The predicted molar refractivity (Wildman–Crippen MR) is 122 cm³/mol. The van der Waals surface area contributed by atoms with Crippen molar-refractivity contribution in [3.05, 3.63) is 65.2 Å². The fraction of sp³-hybridized carbons (Fsp3) is 0.417. The van der Waals surface area contributed by atoms with Crippen LogP contribution in [0.3, 0.4) is 0 Å². The number of hydrogen-bond acceptors (Lipinski definition) is 4. The number of hydrogen-bond donors (Lipinski definition) is 3. The summed E-state index contributed by atoms with van der Waals surface area (Å²) in [5.74, 6) is -0.0941. The van der Waals surface area contributed by atoms with Crippen molar-refractivity contribution < 1.29 is 14.7 Å². The number of amides is 2. The van der Waals surface area contributed by atoms with Crippen LogP contribution >= 0.6 is 12.4 Å². The molecule has 1 aliphatic carbocycles. The Labute approximate surface area is 189 Å². The minimum atomic E-state index is -0.710. The van der Waals surface area contributed by atoms with Crippen molar-refractivity contribution in [1.82, 2.24) is 10.2 Å². The molecule has 2 amide bonds. The van der Waals surface area contributed by atoms with Crippen LogP contribution in [0.15, 0.2) is 48.5 Å². The molecule has 6 nitrogen and oxygen atoms in total. The first-order valence-corrected chi connectivity index (χ1v) is 10.7. The number of nitrogens with zero attached hydrogens (tertiary/aromatic N) is 1. The van der Waals surface area contributed by atoms with Crippen molar-refractivity contribution in [3.8, 4) is 5.75 Å². The second-order valence-corrected chi connectivity index (χ2v) is 8.32. The average molecular weight is 444 g/mol. The van der Waals surface area contributed by atoms with Gasteiger partial charge in [-0.05, 0) is 67.3 Å². The fourth-order valence-corrected chi connectivity index (χ4v) is 4.66. The maximum Gasteiger partial charge on any atom is 0.243 e. The third-order valence-corrected chi connectivity index (χ3v) is 6.23. The Bertz CT molecular complexity index is 919. The van der Waals surface area contributed by atoms with Crippen LogP contribution in [0, 0.1) is 0 Å². The number of benzene rings is 2. The lowest BCUT2D eigenvalue weighted by Crippen LogP contribution is -2.52. The third-order valence-electron chi connectivity index (χ3n) is 6.23. The number of phenolic OH excluding ortho intramolecular Hbond substituents is 1. The first-order chi connectivity index (χ1) is 14.5. The Morgan fingerprint density at radius 3 is 2.61 bits per heavy atom. The van der Waals surface area contributed by atoms with Gasteiger partial charge in [-0.25, -0.2) is 0 Å². The third kappa shape index (κ3) is 5.20. The summed E-state index contributed by atoms with van der Waals surface area (Å²) in [6, 6.07) is 13.8. The zero-order valence-corrected chi connectivity index (χ0v) is 18.3. The van der Waals surface area contributed by atoms with Gasteiger partial charge in [-0.2, -0.15) is 0 Å². The molecule has 166 valence electrons. The van der Waals surface area contributed by atoms with E-state index in [-0.39, 0.29) is 36.0 Å². The molecule has 0 aromatic heterocycles. The molecule has 4 N–H and O–H groups in total. The van der Waals surface area contributed by atoms with E-state index in [1.54, 1.807) is 29.2 Å². The molecule has 7 heteroatoms. The number of likely N-dealkylation sites (tertiary alicyclic amines) is 1. The minimum Gasteiger partial charge on any atom is -0.508 e. The van der Waals surface area contributed by atoms with E-state index in [1.165, 1.54) is 11.1 Å². The maximum absolute atomic E-state index is 13.1. The highest BCUT2D eigenvalue weighted by Gasteiger charge is 2.37. The molecule has 0 saturated carbocycles. The second kappa shape index (κ2) is 10.2. The molecule has 1 unspecified atom stereocenters. The topological polar surface area (TPSA) is 95.7 Å². The molecule has 0 bridgehead atoms. The molecule has 2 aromatic rings. The van der Waals surface area contributed by atoms with E-state index in [9.17, 15) is 14.7 Å². The zero-order chi connectivity index (χ0) is 21.1. The number of aryl methyl sites for hydroxylation is 1. The first-order valence-electron chi connectivity index (χ1n) is 10.7. The zero-order valence-electron chi connectivity index (χ0n) is 17.5. The number of carbonyl (C=O) groups excluding carboxylic acids is 2. The maximum atomic E-state index is 13.1. The summed E-state index contributed by atoms with van der Waals surface area (Å²) in [5, 5.41) is 12.6. The monoisotopic (exact) mass is 443 g/mol. The average Bonchev–Trinajstić information content (AvgIpc) is 3.25. The molecule has 0 radical (unpaired) electrons. The SMILES string of the molecule is Cl.N[C@@H](Cc1ccc(O)cc1)C(=O)N1CCCC1C(=O)N[C@@H]1CCCc2ccccc21. The summed E-state index contributed by atoms with van der Waals surface area (Å²) < 4.78 is 0. The molecule has 3 atom stereocenters. The van der Waals surface area contributed by atoms with Gasteiger partial charge in [-0.1, -0.05) is 36.4 Å². The number of halogens is 1. The summed E-state index contributed by atoms with van der Waals surface area (Å²) in [7, 11) is 0. The van der Waals surface area contributed by atoms with E-state index in [4.69, 9.17) is 5.73 Å². The number of nitrogens with one attached hydrogen (secondary N) is 1. The van der Waals surface area contributed by atoms with Crippen LogP contribution in [-0.4, -0.2) is 40.4 Å². The van der Waals surface area contributed by atoms with Gasteiger partial charge in [0.1, 0.15) is 11.8 Å². The van der Waals surface area contributed by atoms with E-state index < -0.39 is 12.1 Å². The molecule has 1 fully saturated rings. The number of phenols is 1. The van der Waals surface area contributed by atoms with Crippen LogP contribution in [0.1, 0.15) is 48.4 Å². The Morgan fingerprint density at radius 2 is 1.84 bits per heavy atom. The summed E-state index contributed by atoms with van der Waals surface area (Å²) in [6.07, 6.45) is 4.86. The fourth-order valence-electron chi connectivity index (χ4n) is 4.66. The van der Waals surface area contributed by atoms with Gasteiger partial charge in [0.2, 0.25) is 11.8 Å². The van der Waals surface area contributed by atoms with Gasteiger partial charge < -0.3 is 21.1 Å². The minimum absolute atomic E-state index is 0. The van der Waals surface area contributed by atoms with Crippen molar-refractivity contribution in [1.29, 1.82) is 0 Å². The van der Waals surface area contributed by atoms with Crippen molar-refractivity contribution in [3.63, 3.8) is 0 Å². The van der Waals surface area contributed by atoms with Gasteiger partial charge >= 0.3 is 0 Å². The van der Waals surface area contributed by atoms with E-state index in [1.807, 2.05) is 12.1 Å². The van der Waals surface area contributed by atoms with E-state index in [0.29, 0.717) is 19.4 Å². The number of rotatable bonds is 5. The summed E-state index contributed by atoms with van der Waals surface area (Å²) in [6.45, 7) is 0.557. The lowest BCUT2D eigenvalue weighted by Gasteiger charge is -2.31. The standard InChI is InChI=1S/C24H29N3O3.ClH/c25-20(15-16-10-12-18(28)13-11-16)24(30)27-14-4-9-22(27)23(29)26-21-8-3-6-17-5-1-2-7-19(17)21;/h1-2,5,7,10-13,20-22,28H,3-4,6,8-9,14-15,25H2,(H,26,29);1H/t20-,21+,22?;/m0./s1. The Hall–Kier alpha value is -2.57. The molecule has 4 rings (SSSR count). The summed E-state index contributed by atoms with van der Waals surface area (Å²) in [5.41, 5.74) is 9.56. The highest BCUT2D eigenvalue weighted by atomic mass is 35.5. The number of nitrogens with two attached hydrogens (primary N) is 1. The molecular formula is C24H30ClN3O3. The normalized spacial score (nSPS) is 21.0. The van der Waals surface area contributed by atoms with Gasteiger partial charge in [-0.3, -0.25) is 9.59 Å². The van der Waals surface area contributed by atoms with E-state index in [0.717, 1.165) is 31.2 Å². The van der Waals surface area contributed by atoms with Crippen LogP contribution in [0.2, 0.25) is 0 Å². The molecule has 1 saturated heterocycles. The predicted octanol–water partition coefficient (Wildman–Crippen LogP) is 2.87. The number of aromatic hydroxyl groups is 1. The summed E-state index contributed by atoms with van der Waals surface area (Å²) >= 11 is 0.